The van der Waals surface area contributed by atoms with Gasteiger partial charge in [-0.25, -0.2) is 9.59 Å². The maximum atomic E-state index is 12.1. The van der Waals surface area contributed by atoms with Gasteiger partial charge in [0.1, 0.15) is 0 Å². The van der Waals surface area contributed by atoms with Crippen LogP contribution >= 0.6 is 0 Å². The topological polar surface area (TPSA) is 74.6 Å². The van der Waals surface area contributed by atoms with Crippen LogP contribution in [0.2, 0.25) is 0 Å². The fourth-order valence-corrected chi connectivity index (χ4v) is 3.49. The molecule has 0 radical (unpaired) electrons. The first-order chi connectivity index (χ1) is 12.5. The molecule has 0 saturated heterocycles. The second-order valence-electron chi connectivity index (χ2n) is 6.18. The fourth-order valence-electron chi connectivity index (χ4n) is 3.49. The van der Waals surface area contributed by atoms with Crippen molar-refractivity contribution in [2.75, 3.05) is 0 Å². The minimum Gasteiger partial charge on any atom is -0.478 e. The molecule has 2 rings (SSSR count). The van der Waals surface area contributed by atoms with Gasteiger partial charge in [0, 0.05) is 11.8 Å². The van der Waals surface area contributed by atoms with Crippen molar-refractivity contribution in [2.24, 2.45) is 0 Å². The molecule has 4 nitrogen and oxygen atoms in total. The minimum atomic E-state index is -1.17. The Kier molecular flexibility index (Phi) is 6.73. The van der Waals surface area contributed by atoms with Gasteiger partial charge >= 0.3 is 11.9 Å². The van der Waals surface area contributed by atoms with E-state index in [9.17, 15) is 19.8 Å². The molecule has 0 amide bonds. The maximum absolute atomic E-state index is 12.1. The van der Waals surface area contributed by atoms with Crippen LogP contribution in [0.25, 0.3) is 0 Å². The first-order valence-corrected chi connectivity index (χ1v) is 8.81. The predicted molar refractivity (Wildman–Crippen MR) is 101 cm³/mol. The lowest BCUT2D eigenvalue weighted by molar-refractivity contribution is -0.136. The van der Waals surface area contributed by atoms with E-state index in [0.29, 0.717) is 12.8 Å². The Hall–Kier alpha value is -2.88. The van der Waals surface area contributed by atoms with E-state index < -0.39 is 23.8 Å². The maximum Gasteiger partial charge on any atom is 0.332 e. The molecular weight excluding hydrogens is 328 g/mol. The SMILES string of the molecule is CCC(C(C(=O)O)=C(C(=O)O)C(CC)c1ccccc1)c1ccccc1. The summed E-state index contributed by atoms with van der Waals surface area (Å²) >= 11 is 0. The number of carboxylic acid groups (broad SMARTS) is 2. The molecule has 0 aliphatic carbocycles. The van der Waals surface area contributed by atoms with Gasteiger partial charge < -0.3 is 10.2 Å². The van der Waals surface area contributed by atoms with Crippen LogP contribution in [-0.4, -0.2) is 22.2 Å². The van der Waals surface area contributed by atoms with Crippen LogP contribution in [0.4, 0.5) is 0 Å². The van der Waals surface area contributed by atoms with Crippen molar-refractivity contribution >= 4 is 11.9 Å². The van der Waals surface area contributed by atoms with Crippen LogP contribution in [0, 0.1) is 0 Å². The third-order valence-electron chi connectivity index (χ3n) is 4.67. The highest BCUT2D eigenvalue weighted by molar-refractivity contribution is 6.01. The van der Waals surface area contributed by atoms with Gasteiger partial charge in [0.05, 0.1) is 11.1 Å². The van der Waals surface area contributed by atoms with E-state index in [1.165, 1.54) is 0 Å². The molecule has 4 heteroatoms. The molecule has 0 bridgehead atoms. The van der Waals surface area contributed by atoms with Crippen LogP contribution in [0.5, 0.6) is 0 Å². The van der Waals surface area contributed by atoms with Crippen molar-refractivity contribution in [3.05, 3.63) is 82.9 Å². The van der Waals surface area contributed by atoms with Gasteiger partial charge in [-0.05, 0) is 24.0 Å². The summed E-state index contributed by atoms with van der Waals surface area (Å²) < 4.78 is 0. The molecule has 0 saturated carbocycles. The molecule has 0 aliphatic heterocycles. The van der Waals surface area contributed by atoms with E-state index >= 15 is 0 Å². The second kappa shape index (κ2) is 8.99. The Labute approximate surface area is 153 Å². The summed E-state index contributed by atoms with van der Waals surface area (Å²) in [5, 5.41) is 19.9. The highest BCUT2D eigenvalue weighted by Crippen LogP contribution is 2.37. The van der Waals surface area contributed by atoms with Gasteiger partial charge in [0.2, 0.25) is 0 Å². The van der Waals surface area contributed by atoms with E-state index in [0.717, 1.165) is 11.1 Å². The molecule has 0 fully saturated rings. The Morgan fingerprint density at radius 3 is 1.23 bits per heavy atom. The summed E-state index contributed by atoms with van der Waals surface area (Å²) in [6.07, 6.45) is 1.02. The molecule has 2 aromatic carbocycles. The zero-order valence-electron chi connectivity index (χ0n) is 15.1. The number of hydrogen-bond acceptors (Lipinski definition) is 2. The molecular formula is C22H24O4. The zero-order chi connectivity index (χ0) is 19.1. The Morgan fingerprint density at radius 1 is 0.692 bits per heavy atom. The number of hydrogen-bond donors (Lipinski definition) is 2. The first kappa shape index (κ1) is 19.4. The van der Waals surface area contributed by atoms with Crippen LogP contribution in [0.3, 0.4) is 0 Å². The number of carboxylic acids is 2. The fraction of sp³-hybridized carbons (Fsp3) is 0.273. The van der Waals surface area contributed by atoms with Gasteiger partial charge in [-0.15, -0.1) is 0 Å². The van der Waals surface area contributed by atoms with Crippen molar-refractivity contribution in [1.29, 1.82) is 0 Å². The quantitative estimate of drug-likeness (QED) is 0.667. The second-order valence-corrected chi connectivity index (χ2v) is 6.18. The number of rotatable bonds is 8. The minimum absolute atomic E-state index is 0.0260. The molecule has 0 spiro atoms. The van der Waals surface area contributed by atoms with Gasteiger partial charge in [-0.1, -0.05) is 74.5 Å². The standard InChI is InChI=1S/C22H24O4/c1-3-17(15-11-7-5-8-12-15)19(21(23)24)20(22(25)26)18(4-2)16-13-9-6-10-14-16/h5-14,17-18H,3-4H2,1-2H3,(H,23,24)(H,25,26). The van der Waals surface area contributed by atoms with Crippen LogP contribution in [-0.2, 0) is 9.59 Å². The molecule has 136 valence electrons. The Balaban J connectivity index is 2.71. The number of carbonyl (C=O) groups is 2. The summed E-state index contributed by atoms with van der Waals surface area (Å²) in [5.41, 5.74) is 1.58. The highest BCUT2D eigenvalue weighted by atomic mass is 16.4. The average Bonchev–Trinajstić information content (AvgIpc) is 2.65. The van der Waals surface area contributed by atoms with E-state index in [1.54, 1.807) is 0 Å². The number of aliphatic carboxylic acids is 2. The molecule has 26 heavy (non-hydrogen) atoms. The summed E-state index contributed by atoms with van der Waals surface area (Å²) in [7, 11) is 0. The van der Waals surface area contributed by atoms with Crippen molar-refractivity contribution in [1.82, 2.24) is 0 Å². The lowest BCUT2D eigenvalue weighted by atomic mass is 9.79. The smallest absolute Gasteiger partial charge is 0.332 e. The monoisotopic (exact) mass is 352 g/mol. The van der Waals surface area contributed by atoms with Gasteiger partial charge in [-0.2, -0.15) is 0 Å². The van der Waals surface area contributed by atoms with Crippen molar-refractivity contribution in [2.45, 2.75) is 38.5 Å². The average molecular weight is 352 g/mol. The van der Waals surface area contributed by atoms with Crippen LogP contribution < -0.4 is 0 Å². The summed E-state index contributed by atoms with van der Waals surface area (Å²) in [5.74, 6) is -3.30. The lowest BCUT2D eigenvalue weighted by Crippen LogP contribution is -2.22. The lowest BCUT2D eigenvalue weighted by Gasteiger charge is -2.24. The highest BCUT2D eigenvalue weighted by Gasteiger charge is 2.32. The van der Waals surface area contributed by atoms with Gasteiger partial charge in [0.25, 0.3) is 0 Å². The van der Waals surface area contributed by atoms with E-state index in [1.807, 2.05) is 74.5 Å². The molecule has 0 heterocycles. The largest absolute Gasteiger partial charge is 0.478 e. The van der Waals surface area contributed by atoms with Crippen molar-refractivity contribution < 1.29 is 19.8 Å². The molecule has 2 aromatic rings. The third-order valence-corrected chi connectivity index (χ3v) is 4.67. The zero-order valence-corrected chi connectivity index (χ0v) is 15.1. The number of benzene rings is 2. The van der Waals surface area contributed by atoms with Gasteiger partial charge in [-0.3, -0.25) is 0 Å². The van der Waals surface area contributed by atoms with Crippen molar-refractivity contribution in [3.63, 3.8) is 0 Å². The molecule has 2 unspecified atom stereocenters. The van der Waals surface area contributed by atoms with E-state index in [-0.39, 0.29) is 11.1 Å². The summed E-state index contributed by atoms with van der Waals surface area (Å²) in [6, 6.07) is 18.5. The predicted octanol–water partition coefficient (Wildman–Crippen LogP) is 4.84. The van der Waals surface area contributed by atoms with Crippen LogP contribution in [0.1, 0.15) is 49.7 Å². The Bertz CT molecular complexity index is 711. The first-order valence-electron chi connectivity index (χ1n) is 8.81. The van der Waals surface area contributed by atoms with Crippen LogP contribution in [0.15, 0.2) is 71.8 Å². The molecule has 0 aliphatic rings. The Morgan fingerprint density at radius 2 is 1.00 bits per heavy atom. The van der Waals surface area contributed by atoms with E-state index in [2.05, 4.69) is 0 Å². The molecule has 2 atom stereocenters. The van der Waals surface area contributed by atoms with Crippen molar-refractivity contribution in [3.8, 4) is 0 Å². The molecule has 2 N–H and O–H groups in total. The third kappa shape index (κ3) is 4.20. The molecule has 0 aromatic heterocycles. The van der Waals surface area contributed by atoms with Gasteiger partial charge in [0.15, 0.2) is 0 Å². The normalized spacial score (nSPS) is 14.2. The van der Waals surface area contributed by atoms with E-state index in [4.69, 9.17) is 0 Å². The summed E-state index contributed by atoms with van der Waals surface area (Å²) in [6.45, 7) is 3.76. The summed E-state index contributed by atoms with van der Waals surface area (Å²) in [4.78, 5) is 24.3.